The number of halogens is 1. The summed E-state index contributed by atoms with van der Waals surface area (Å²) in [5.41, 5.74) is 0.731. The van der Waals surface area contributed by atoms with E-state index < -0.39 is 0 Å². The molecule has 0 bridgehead atoms. The van der Waals surface area contributed by atoms with Crippen molar-refractivity contribution in [3.63, 3.8) is 0 Å². The molecule has 1 amide bonds. The van der Waals surface area contributed by atoms with Crippen LogP contribution in [0.3, 0.4) is 0 Å². The molecular weight excluding hydrogens is 336 g/mol. The summed E-state index contributed by atoms with van der Waals surface area (Å²) in [6, 6.07) is 12.4. The molecule has 1 aromatic carbocycles. The van der Waals surface area contributed by atoms with E-state index >= 15 is 0 Å². The third kappa shape index (κ3) is 4.30. The second kappa shape index (κ2) is 7.26. The third-order valence-electron chi connectivity index (χ3n) is 2.74. The lowest BCUT2D eigenvalue weighted by atomic mass is 10.2. The molecule has 8 heteroatoms. The Kier molecular flexibility index (Phi) is 4.89. The zero-order chi connectivity index (χ0) is 16.1. The molecule has 0 aliphatic carbocycles. The number of carbonyl (C=O) groups is 1. The summed E-state index contributed by atoms with van der Waals surface area (Å²) in [6.45, 7) is 0. The standard InChI is InChI=1S/C15H11ClN4O2S/c16-11-5-3-4-10(8-11)14-19-20-15(22-14)23-9-13(21)18-12-6-1-2-7-17-12/h1-8H,9H2,(H,17,18,21). The van der Waals surface area contributed by atoms with Gasteiger partial charge in [-0.15, -0.1) is 10.2 Å². The molecule has 0 saturated heterocycles. The molecule has 1 N–H and O–H groups in total. The van der Waals surface area contributed by atoms with E-state index in [1.165, 1.54) is 0 Å². The first kappa shape index (κ1) is 15.5. The maximum absolute atomic E-state index is 11.8. The number of pyridine rings is 1. The van der Waals surface area contributed by atoms with Crippen molar-refractivity contribution in [1.29, 1.82) is 0 Å². The van der Waals surface area contributed by atoms with Crippen LogP contribution in [0.15, 0.2) is 58.3 Å². The van der Waals surface area contributed by atoms with Crippen molar-refractivity contribution in [2.24, 2.45) is 0 Å². The van der Waals surface area contributed by atoms with Crippen molar-refractivity contribution in [2.75, 3.05) is 11.1 Å². The summed E-state index contributed by atoms with van der Waals surface area (Å²) in [6.07, 6.45) is 1.61. The Balaban J connectivity index is 1.58. The molecule has 0 aliphatic rings. The minimum Gasteiger partial charge on any atom is -0.411 e. The lowest BCUT2D eigenvalue weighted by Gasteiger charge is -2.01. The van der Waals surface area contributed by atoms with E-state index in [9.17, 15) is 4.79 Å². The minimum atomic E-state index is -0.198. The smallest absolute Gasteiger partial charge is 0.277 e. The van der Waals surface area contributed by atoms with Gasteiger partial charge in [-0.3, -0.25) is 4.79 Å². The van der Waals surface area contributed by atoms with Crippen LogP contribution in [0.4, 0.5) is 5.82 Å². The maximum Gasteiger partial charge on any atom is 0.277 e. The van der Waals surface area contributed by atoms with Crippen LogP contribution < -0.4 is 5.32 Å². The van der Waals surface area contributed by atoms with Gasteiger partial charge in [-0.1, -0.05) is 35.5 Å². The molecule has 0 unspecified atom stereocenters. The van der Waals surface area contributed by atoms with E-state index in [2.05, 4.69) is 20.5 Å². The van der Waals surface area contributed by atoms with E-state index in [1.807, 2.05) is 6.07 Å². The van der Waals surface area contributed by atoms with E-state index in [-0.39, 0.29) is 11.7 Å². The number of anilines is 1. The Bertz CT molecular complexity index is 810. The van der Waals surface area contributed by atoms with Crippen LogP contribution in [-0.4, -0.2) is 26.8 Å². The number of nitrogens with one attached hydrogen (secondary N) is 1. The first-order valence-electron chi connectivity index (χ1n) is 6.64. The summed E-state index contributed by atoms with van der Waals surface area (Å²) in [5, 5.41) is 11.4. The highest BCUT2D eigenvalue weighted by Crippen LogP contribution is 2.25. The highest BCUT2D eigenvalue weighted by Gasteiger charge is 2.11. The first-order valence-corrected chi connectivity index (χ1v) is 8.00. The second-order valence-electron chi connectivity index (χ2n) is 4.44. The number of rotatable bonds is 5. The highest BCUT2D eigenvalue weighted by atomic mass is 35.5. The molecule has 0 atom stereocenters. The molecule has 23 heavy (non-hydrogen) atoms. The van der Waals surface area contributed by atoms with Crippen LogP contribution in [0.25, 0.3) is 11.5 Å². The van der Waals surface area contributed by atoms with Crippen molar-refractivity contribution in [3.8, 4) is 11.5 Å². The number of thioether (sulfide) groups is 1. The largest absolute Gasteiger partial charge is 0.411 e. The zero-order valence-corrected chi connectivity index (χ0v) is 13.3. The molecule has 0 spiro atoms. The Morgan fingerprint density at radius 3 is 2.91 bits per heavy atom. The number of hydrogen-bond donors (Lipinski definition) is 1. The second-order valence-corrected chi connectivity index (χ2v) is 5.80. The van der Waals surface area contributed by atoms with Crippen molar-refractivity contribution in [2.45, 2.75) is 5.22 Å². The molecule has 0 aliphatic heterocycles. The fourth-order valence-corrected chi connectivity index (χ4v) is 2.50. The monoisotopic (exact) mass is 346 g/mol. The Hall–Kier alpha value is -2.38. The van der Waals surface area contributed by atoms with E-state index in [4.69, 9.17) is 16.0 Å². The van der Waals surface area contributed by atoms with Crippen molar-refractivity contribution in [3.05, 3.63) is 53.7 Å². The molecular formula is C15H11ClN4O2S. The number of nitrogens with zero attached hydrogens (tertiary/aromatic N) is 3. The molecule has 2 aromatic heterocycles. The average molecular weight is 347 g/mol. The Morgan fingerprint density at radius 2 is 2.13 bits per heavy atom. The van der Waals surface area contributed by atoms with Crippen molar-refractivity contribution in [1.82, 2.24) is 15.2 Å². The molecule has 3 rings (SSSR count). The third-order valence-corrected chi connectivity index (χ3v) is 3.79. The fourth-order valence-electron chi connectivity index (χ4n) is 1.75. The molecule has 6 nitrogen and oxygen atoms in total. The number of benzene rings is 1. The summed E-state index contributed by atoms with van der Waals surface area (Å²) in [5.74, 6) is 0.813. The molecule has 3 aromatic rings. The van der Waals surface area contributed by atoms with Crippen LogP contribution in [-0.2, 0) is 4.79 Å². The van der Waals surface area contributed by atoms with Gasteiger partial charge in [0.25, 0.3) is 5.22 Å². The lowest BCUT2D eigenvalue weighted by Crippen LogP contribution is -2.14. The zero-order valence-electron chi connectivity index (χ0n) is 11.8. The van der Waals surface area contributed by atoms with Gasteiger partial charge in [-0.25, -0.2) is 4.98 Å². The van der Waals surface area contributed by atoms with Crippen LogP contribution in [0.5, 0.6) is 0 Å². The van der Waals surface area contributed by atoms with Crippen LogP contribution in [0.1, 0.15) is 0 Å². The molecule has 116 valence electrons. The predicted molar refractivity (Wildman–Crippen MR) is 88.3 cm³/mol. The first-order chi connectivity index (χ1) is 11.2. The van der Waals surface area contributed by atoms with E-state index in [0.29, 0.717) is 22.0 Å². The van der Waals surface area contributed by atoms with Crippen LogP contribution >= 0.6 is 23.4 Å². The number of hydrogen-bond acceptors (Lipinski definition) is 6. The van der Waals surface area contributed by atoms with Crippen LogP contribution in [0, 0.1) is 0 Å². The van der Waals surface area contributed by atoms with Gasteiger partial charge in [0.2, 0.25) is 11.8 Å². The summed E-state index contributed by atoms with van der Waals surface area (Å²) < 4.78 is 5.51. The molecule has 0 radical (unpaired) electrons. The molecule has 2 heterocycles. The number of aromatic nitrogens is 3. The Morgan fingerprint density at radius 1 is 1.22 bits per heavy atom. The molecule has 0 saturated carbocycles. The number of amides is 1. The highest BCUT2D eigenvalue weighted by molar-refractivity contribution is 7.99. The van der Waals surface area contributed by atoms with Gasteiger partial charge in [0.15, 0.2) is 0 Å². The summed E-state index contributed by atoms with van der Waals surface area (Å²) in [4.78, 5) is 15.8. The summed E-state index contributed by atoms with van der Waals surface area (Å²) >= 11 is 7.08. The molecule has 0 fully saturated rings. The van der Waals surface area contributed by atoms with Crippen LogP contribution in [0.2, 0.25) is 5.02 Å². The van der Waals surface area contributed by atoms with Gasteiger partial charge in [-0.05, 0) is 30.3 Å². The quantitative estimate of drug-likeness (QED) is 0.712. The maximum atomic E-state index is 11.8. The van der Waals surface area contributed by atoms with E-state index in [0.717, 1.165) is 17.3 Å². The van der Waals surface area contributed by atoms with Gasteiger partial charge in [0.1, 0.15) is 5.82 Å². The van der Waals surface area contributed by atoms with Gasteiger partial charge in [0.05, 0.1) is 5.75 Å². The van der Waals surface area contributed by atoms with Crippen molar-refractivity contribution < 1.29 is 9.21 Å². The Labute approximate surface area is 141 Å². The topological polar surface area (TPSA) is 80.9 Å². The lowest BCUT2D eigenvalue weighted by molar-refractivity contribution is -0.113. The minimum absolute atomic E-state index is 0.147. The van der Waals surface area contributed by atoms with Crippen molar-refractivity contribution >= 4 is 35.1 Å². The fraction of sp³-hybridized carbons (Fsp3) is 0.0667. The number of carbonyl (C=O) groups excluding carboxylic acids is 1. The van der Waals surface area contributed by atoms with E-state index in [1.54, 1.807) is 42.6 Å². The summed E-state index contributed by atoms with van der Waals surface area (Å²) in [7, 11) is 0. The van der Waals surface area contributed by atoms with Gasteiger partial charge in [0, 0.05) is 16.8 Å². The average Bonchev–Trinajstić information content (AvgIpc) is 3.03. The van der Waals surface area contributed by atoms with Gasteiger partial charge < -0.3 is 9.73 Å². The van der Waals surface area contributed by atoms with Gasteiger partial charge >= 0.3 is 0 Å². The predicted octanol–water partition coefficient (Wildman–Crippen LogP) is 3.52. The SMILES string of the molecule is O=C(CSc1nnc(-c2cccc(Cl)c2)o1)Nc1ccccn1. The normalized spacial score (nSPS) is 10.5. The van der Waals surface area contributed by atoms with Gasteiger partial charge in [-0.2, -0.15) is 0 Å².